The average molecular weight is 426 g/mol. The van der Waals surface area contributed by atoms with Crippen LogP contribution in [-0.2, 0) is 9.59 Å². The molecule has 0 aromatic heterocycles. The Bertz CT molecular complexity index is 962. The molecule has 1 fully saturated rings. The summed E-state index contributed by atoms with van der Waals surface area (Å²) in [6, 6.07) is 14.5. The number of methoxy groups -OCH3 is 2. The Morgan fingerprint density at radius 3 is 2.67 bits per heavy atom. The maximum atomic E-state index is 12.8. The van der Waals surface area contributed by atoms with E-state index >= 15 is 0 Å². The highest BCUT2D eigenvalue weighted by molar-refractivity contribution is 8.15. The standard InChI is InChI=1S/C22H23N3O4S/c1-4-12-25-21(27)19(30-22(25)23-15-8-6-5-7-9-15)14-20(26)24-17-11-10-16(28-2)13-18(17)29-3/h4-11,13,19H,1,12,14H2,2-3H3,(H,24,26)/t19-/m1/s1. The minimum atomic E-state index is -0.559. The largest absolute Gasteiger partial charge is 0.497 e. The van der Waals surface area contributed by atoms with Crippen molar-refractivity contribution >= 4 is 40.1 Å². The van der Waals surface area contributed by atoms with Gasteiger partial charge >= 0.3 is 0 Å². The second-order valence-corrected chi connectivity index (χ2v) is 7.56. The van der Waals surface area contributed by atoms with Crippen molar-refractivity contribution in [2.45, 2.75) is 11.7 Å². The van der Waals surface area contributed by atoms with Crippen LogP contribution < -0.4 is 14.8 Å². The van der Waals surface area contributed by atoms with Crippen molar-refractivity contribution < 1.29 is 19.1 Å². The van der Waals surface area contributed by atoms with Crippen molar-refractivity contribution in [3.05, 3.63) is 61.2 Å². The predicted molar refractivity (Wildman–Crippen MR) is 120 cm³/mol. The first kappa shape index (κ1) is 21.4. The Morgan fingerprint density at radius 1 is 1.23 bits per heavy atom. The molecular formula is C22H23N3O4S. The van der Waals surface area contributed by atoms with Gasteiger partial charge in [0.25, 0.3) is 0 Å². The molecule has 0 spiro atoms. The lowest BCUT2D eigenvalue weighted by Gasteiger charge is -2.14. The summed E-state index contributed by atoms with van der Waals surface area (Å²) in [5.41, 5.74) is 1.26. The summed E-state index contributed by atoms with van der Waals surface area (Å²) >= 11 is 1.28. The number of amides is 2. The summed E-state index contributed by atoms with van der Waals surface area (Å²) < 4.78 is 10.5. The van der Waals surface area contributed by atoms with E-state index in [2.05, 4.69) is 16.9 Å². The van der Waals surface area contributed by atoms with Crippen LogP contribution in [0.4, 0.5) is 11.4 Å². The minimum absolute atomic E-state index is 0.0140. The van der Waals surface area contributed by atoms with E-state index in [0.29, 0.717) is 28.9 Å². The van der Waals surface area contributed by atoms with Crippen molar-refractivity contribution in [3.63, 3.8) is 0 Å². The van der Waals surface area contributed by atoms with Crippen LogP contribution in [-0.4, -0.2) is 47.9 Å². The van der Waals surface area contributed by atoms with Gasteiger partial charge in [-0.2, -0.15) is 0 Å². The molecule has 1 atom stereocenters. The van der Waals surface area contributed by atoms with Gasteiger partial charge in [-0.1, -0.05) is 36.0 Å². The number of nitrogens with one attached hydrogen (secondary N) is 1. The van der Waals surface area contributed by atoms with Gasteiger partial charge in [-0.05, 0) is 24.3 Å². The van der Waals surface area contributed by atoms with E-state index in [1.165, 1.54) is 18.9 Å². The van der Waals surface area contributed by atoms with Crippen molar-refractivity contribution in [1.82, 2.24) is 4.90 Å². The number of benzene rings is 2. The molecule has 1 N–H and O–H groups in total. The average Bonchev–Trinajstić information content (AvgIpc) is 3.03. The topological polar surface area (TPSA) is 80.2 Å². The fraction of sp³-hybridized carbons (Fsp3) is 0.227. The number of anilines is 1. The number of para-hydroxylation sites is 1. The number of hydrogen-bond donors (Lipinski definition) is 1. The van der Waals surface area contributed by atoms with Gasteiger partial charge in [0, 0.05) is 19.0 Å². The van der Waals surface area contributed by atoms with E-state index in [1.54, 1.807) is 36.3 Å². The molecule has 8 heteroatoms. The van der Waals surface area contributed by atoms with Crippen LogP contribution in [0.5, 0.6) is 11.5 Å². The Labute approximate surface area is 179 Å². The molecule has 3 rings (SSSR count). The number of rotatable bonds is 8. The third kappa shape index (κ3) is 5.01. The molecule has 1 aliphatic rings. The van der Waals surface area contributed by atoms with Crippen molar-refractivity contribution in [1.29, 1.82) is 0 Å². The second-order valence-electron chi connectivity index (χ2n) is 6.39. The number of nitrogens with zero attached hydrogens (tertiary/aromatic N) is 2. The number of carbonyl (C=O) groups is 2. The molecule has 1 aliphatic heterocycles. The van der Waals surface area contributed by atoms with E-state index in [9.17, 15) is 9.59 Å². The molecule has 7 nitrogen and oxygen atoms in total. The van der Waals surface area contributed by atoms with Gasteiger partial charge < -0.3 is 14.8 Å². The molecule has 156 valence electrons. The molecule has 2 aromatic carbocycles. The normalized spacial score (nSPS) is 17.1. The lowest BCUT2D eigenvalue weighted by Crippen LogP contribution is -2.33. The summed E-state index contributed by atoms with van der Waals surface area (Å²) in [4.78, 5) is 31.6. The van der Waals surface area contributed by atoms with Crippen molar-refractivity contribution in [3.8, 4) is 11.5 Å². The summed E-state index contributed by atoms with van der Waals surface area (Å²) in [5.74, 6) is 0.649. The number of amidine groups is 1. The second kappa shape index (κ2) is 9.98. The van der Waals surface area contributed by atoms with Crippen LogP contribution in [0.3, 0.4) is 0 Å². The SMILES string of the molecule is C=CCN1C(=O)[C@@H](CC(=O)Nc2ccc(OC)cc2OC)SC1=Nc1ccccc1. The highest BCUT2D eigenvalue weighted by atomic mass is 32.2. The van der Waals surface area contributed by atoms with E-state index in [0.717, 1.165) is 5.69 Å². The third-order valence-corrected chi connectivity index (χ3v) is 5.54. The zero-order chi connectivity index (χ0) is 21.5. The van der Waals surface area contributed by atoms with Crippen molar-refractivity contribution in [2.75, 3.05) is 26.1 Å². The van der Waals surface area contributed by atoms with Gasteiger partial charge in [-0.25, -0.2) is 4.99 Å². The van der Waals surface area contributed by atoms with Crippen LogP contribution in [0.15, 0.2) is 66.2 Å². The third-order valence-electron chi connectivity index (χ3n) is 4.37. The molecule has 0 radical (unpaired) electrons. The van der Waals surface area contributed by atoms with Crippen LogP contribution in [0.25, 0.3) is 0 Å². The number of thioether (sulfide) groups is 1. The van der Waals surface area contributed by atoms with Gasteiger partial charge in [-0.3, -0.25) is 14.5 Å². The summed E-state index contributed by atoms with van der Waals surface area (Å²) in [6.07, 6.45) is 1.66. The number of carbonyl (C=O) groups excluding carboxylic acids is 2. The molecule has 1 saturated heterocycles. The Kier molecular flexibility index (Phi) is 7.13. The summed E-state index contributed by atoms with van der Waals surface area (Å²) in [5, 5.41) is 2.81. The quantitative estimate of drug-likeness (QED) is 0.650. The van der Waals surface area contributed by atoms with Gasteiger partial charge in [0.1, 0.15) is 16.7 Å². The lowest BCUT2D eigenvalue weighted by atomic mass is 10.2. The van der Waals surface area contributed by atoms with Crippen LogP contribution in [0.2, 0.25) is 0 Å². The minimum Gasteiger partial charge on any atom is -0.497 e. The molecule has 0 unspecified atom stereocenters. The molecule has 0 saturated carbocycles. The van der Waals surface area contributed by atoms with Crippen LogP contribution in [0, 0.1) is 0 Å². The summed E-state index contributed by atoms with van der Waals surface area (Å²) in [7, 11) is 3.07. The Hall–Kier alpha value is -3.26. The maximum Gasteiger partial charge on any atom is 0.242 e. The molecule has 0 aliphatic carbocycles. The van der Waals surface area contributed by atoms with Gasteiger partial charge in [-0.15, -0.1) is 6.58 Å². The first-order valence-electron chi connectivity index (χ1n) is 9.30. The number of hydrogen-bond acceptors (Lipinski definition) is 6. The molecule has 2 aromatic rings. The predicted octanol–water partition coefficient (Wildman–Crippen LogP) is 3.85. The monoisotopic (exact) mass is 425 g/mol. The molecule has 2 amide bonds. The van der Waals surface area contributed by atoms with Gasteiger partial charge in [0.2, 0.25) is 11.8 Å². The first-order chi connectivity index (χ1) is 14.5. The smallest absolute Gasteiger partial charge is 0.242 e. The Morgan fingerprint density at radius 2 is 2.00 bits per heavy atom. The Balaban J connectivity index is 1.73. The lowest BCUT2D eigenvalue weighted by molar-refractivity contribution is -0.127. The van der Waals surface area contributed by atoms with E-state index in [1.807, 2.05) is 30.3 Å². The van der Waals surface area contributed by atoms with E-state index in [-0.39, 0.29) is 18.2 Å². The maximum absolute atomic E-state index is 12.8. The molecular weight excluding hydrogens is 402 g/mol. The zero-order valence-corrected chi connectivity index (χ0v) is 17.6. The summed E-state index contributed by atoms with van der Waals surface area (Å²) in [6.45, 7) is 4.05. The van der Waals surface area contributed by atoms with Crippen LogP contribution >= 0.6 is 11.8 Å². The van der Waals surface area contributed by atoms with Gasteiger partial charge in [0.05, 0.1) is 25.6 Å². The van der Waals surface area contributed by atoms with Gasteiger partial charge in [0.15, 0.2) is 5.17 Å². The van der Waals surface area contributed by atoms with Crippen molar-refractivity contribution in [2.24, 2.45) is 4.99 Å². The van der Waals surface area contributed by atoms with E-state index < -0.39 is 5.25 Å². The molecule has 30 heavy (non-hydrogen) atoms. The highest BCUT2D eigenvalue weighted by Gasteiger charge is 2.38. The number of ether oxygens (including phenoxy) is 2. The van der Waals surface area contributed by atoms with Crippen LogP contribution in [0.1, 0.15) is 6.42 Å². The highest BCUT2D eigenvalue weighted by Crippen LogP contribution is 2.33. The van der Waals surface area contributed by atoms with E-state index in [4.69, 9.17) is 9.47 Å². The zero-order valence-electron chi connectivity index (χ0n) is 16.8. The molecule has 0 bridgehead atoms. The fourth-order valence-corrected chi connectivity index (χ4v) is 4.07. The fourth-order valence-electron chi connectivity index (χ4n) is 2.91. The first-order valence-corrected chi connectivity index (χ1v) is 10.2. The number of aliphatic imine (C=N–C) groups is 1. The molecule has 1 heterocycles.